The molecule has 2 aromatic heterocycles. The third-order valence-electron chi connectivity index (χ3n) is 6.07. The van der Waals surface area contributed by atoms with Gasteiger partial charge in [-0.3, -0.25) is 9.59 Å². The van der Waals surface area contributed by atoms with Crippen molar-refractivity contribution in [3.63, 3.8) is 0 Å². The molecule has 10 nitrogen and oxygen atoms in total. The van der Waals surface area contributed by atoms with Crippen molar-refractivity contribution in [3.05, 3.63) is 70.9 Å². The molecule has 11 heteroatoms. The number of nitrogen functional groups attached to an aromatic ring is 1. The fourth-order valence-corrected chi connectivity index (χ4v) is 4.41. The lowest BCUT2D eigenvalue weighted by Gasteiger charge is -2.25. The van der Waals surface area contributed by atoms with Crippen LogP contribution in [-0.2, 0) is 16.0 Å². The lowest BCUT2D eigenvalue weighted by molar-refractivity contribution is -0.116. The van der Waals surface area contributed by atoms with E-state index in [9.17, 15) is 9.59 Å². The van der Waals surface area contributed by atoms with Gasteiger partial charge in [0.15, 0.2) is 0 Å². The Morgan fingerprint density at radius 3 is 2.62 bits per heavy atom. The van der Waals surface area contributed by atoms with E-state index >= 15 is 0 Å². The number of nitrogens with one attached hydrogen (secondary N) is 1. The van der Waals surface area contributed by atoms with Gasteiger partial charge in [0.2, 0.25) is 11.7 Å². The van der Waals surface area contributed by atoms with Crippen LogP contribution in [0.1, 0.15) is 21.7 Å². The highest BCUT2D eigenvalue weighted by molar-refractivity contribution is 6.32. The predicted molar refractivity (Wildman–Crippen MR) is 138 cm³/mol. The minimum Gasteiger partial charge on any atom is -0.486 e. The maximum absolute atomic E-state index is 12.6. The van der Waals surface area contributed by atoms with Crippen LogP contribution in [0.5, 0.6) is 5.75 Å². The number of pyridine rings is 1. The van der Waals surface area contributed by atoms with E-state index in [1.165, 1.54) is 6.08 Å². The number of benzene rings is 1. The number of nitrogens with zero attached hydrogens (tertiary/aromatic N) is 4. The average molecular weight is 521 g/mol. The highest BCUT2D eigenvalue weighted by atomic mass is 35.5. The number of hydrogen-bond acceptors (Lipinski definition) is 8. The van der Waals surface area contributed by atoms with Crippen LogP contribution in [0.25, 0.3) is 17.2 Å². The zero-order valence-electron chi connectivity index (χ0n) is 19.9. The Morgan fingerprint density at radius 2 is 1.89 bits per heavy atom. The van der Waals surface area contributed by atoms with Crippen LogP contribution in [0, 0.1) is 0 Å². The third-order valence-corrected chi connectivity index (χ3v) is 6.35. The number of ether oxygens (including phenoxy) is 2. The van der Waals surface area contributed by atoms with Crippen LogP contribution in [0.2, 0.25) is 5.02 Å². The first kappa shape index (κ1) is 24.7. The van der Waals surface area contributed by atoms with Crippen LogP contribution in [0.4, 0.5) is 5.82 Å². The predicted octanol–water partition coefficient (Wildman–Crippen LogP) is 2.38. The average Bonchev–Trinajstić information content (AvgIpc) is 3.35. The second kappa shape index (κ2) is 10.9. The molecule has 1 unspecified atom stereocenters. The van der Waals surface area contributed by atoms with Crippen molar-refractivity contribution < 1.29 is 19.1 Å². The second-order valence-corrected chi connectivity index (χ2v) is 9.09. The van der Waals surface area contributed by atoms with E-state index in [0.29, 0.717) is 55.9 Å². The number of rotatable bonds is 6. The van der Waals surface area contributed by atoms with Crippen molar-refractivity contribution in [2.24, 2.45) is 0 Å². The summed E-state index contributed by atoms with van der Waals surface area (Å²) in [6.45, 7) is 2.42. The van der Waals surface area contributed by atoms with Gasteiger partial charge < -0.3 is 25.4 Å². The van der Waals surface area contributed by atoms with Crippen molar-refractivity contribution in [1.29, 1.82) is 0 Å². The zero-order chi connectivity index (χ0) is 25.8. The summed E-state index contributed by atoms with van der Waals surface area (Å²) >= 11 is 6.51. The summed E-state index contributed by atoms with van der Waals surface area (Å²) in [6.07, 6.45) is 8.28. The van der Waals surface area contributed by atoms with Crippen molar-refractivity contribution in [2.75, 3.05) is 38.6 Å². The summed E-state index contributed by atoms with van der Waals surface area (Å²) in [4.78, 5) is 39.1. The molecule has 1 fully saturated rings. The molecule has 0 spiro atoms. The summed E-state index contributed by atoms with van der Waals surface area (Å²) in [5, 5.41) is 3.31. The molecule has 3 aromatic rings. The van der Waals surface area contributed by atoms with Crippen molar-refractivity contribution in [1.82, 2.24) is 25.2 Å². The molecule has 3 N–H and O–H groups in total. The molecule has 2 aliphatic rings. The first-order chi connectivity index (χ1) is 18.0. The van der Waals surface area contributed by atoms with Gasteiger partial charge >= 0.3 is 0 Å². The van der Waals surface area contributed by atoms with E-state index in [0.717, 1.165) is 22.3 Å². The molecular formula is C26H25ClN6O4. The normalized spacial score (nSPS) is 16.9. The molecule has 37 heavy (non-hydrogen) atoms. The summed E-state index contributed by atoms with van der Waals surface area (Å²) in [6, 6.07) is 7.21. The number of nitrogens with two attached hydrogens (primary N) is 1. The van der Waals surface area contributed by atoms with Gasteiger partial charge in [-0.2, -0.15) is 0 Å². The quantitative estimate of drug-likeness (QED) is 0.473. The number of carbonyl (C=O) groups excluding carboxylic acids is 2. The molecule has 2 aliphatic heterocycles. The molecular weight excluding hydrogens is 496 g/mol. The molecule has 1 saturated heterocycles. The van der Waals surface area contributed by atoms with E-state index in [4.69, 9.17) is 26.8 Å². The van der Waals surface area contributed by atoms with Crippen molar-refractivity contribution in [3.8, 4) is 16.9 Å². The van der Waals surface area contributed by atoms with Crippen molar-refractivity contribution in [2.45, 2.75) is 12.5 Å². The Labute approximate surface area is 218 Å². The topological polar surface area (TPSA) is 133 Å². The maximum atomic E-state index is 12.6. The molecule has 0 aliphatic carbocycles. The zero-order valence-corrected chi connectivity index (χ0v) is 20.6. The second-order valence-electron chi connectivity index (χ2n) is 8.69. The Balaban J connectivity index is 1.19. The summed E-state index contributed by atoms with van der Waals surface area (Å²) in [5.41, 5.74) is 8.83. The monoisotopic (exact) mass is 520 g/mol. The van der Waals surface area contributed by atoms with E-state index in [-0.39, 0.29) is 23.7 Å². The van der Waals surface area contributed by atoms with Crippen molar-refractivity contribution >= 4 is 35.3 Å². The minimum atomic E-state index is -0.247. The molecule has 0 bridgehead atoms. The van der Waals surface area contributed by atoms with E-state index in [1.807, 2.05) is 6.07 Å². The first-order valence-corrected chi connectivity index (χ1v) is 12.2. The van der Waals surface area contributed by atoms with Gasteiger partial charge in [-0.15, -0.1) is 0 Å². The number of aromatic nitrogens is 3. The summed E-state index contributed by atoms with van der Waals surface area (Å²) < 4.78 is 11.3. The molecule has 2 amide bonds. The number of hydrogen-bond donors (Lipinski definition) is 2. The molecule has 4 heterocycles. The van der Waals surface area contributed by atoms with Gasteiger partial charge in [0.1, 0.15) is 17.7 Å². The first-order valence-electron chi connectivity index (χ1n) is 11.8. The van der Waals surface area contributed by atoms with E-state index in [1.54, 1.807) is 47.8 Å². The van der Waals surface area contributed by atoms with Crippen LogP contribution >= 0.6 is 11.6 Å². The van der Waals surface area contributed by atoms with Gasteiger partial charge in [-0.05, 0) is 41.5 Å². The molecule has 0 radical (unpaired) electrons. The smallest absolute Gasteiger partial charge is 0.291 e. The number of fused-ring (bicyclic) bond motifs is 1. The fourth-order valence-electron chi connectivity index (χ4n) is 4.12. The highest BCUT2D eigenvalue weighted by Crippen LogP contribution is 2.39. The van der Waals surface area contributed by atoms with Gasteiger partial charge in [0, 0.05) is 55.3 Å². The van der Waals surface area contributed by atoms with Gasteiger partial charge in [0.05, 0.1) is 24.8 Å². The SMILES string of the molecule is Nc1ccc(/C=C/C(=O)NCC2Cc3cc(-c4cnc(C(=O)N5CCOCC5)nc4)cc(Cl)c3O2)cn1. The standard InChI is InChI=1S/C26H25ClN6O4/c27-21-11-17(19-13-31-25(32-14-19)26(35)33-5-7-36-8-6-33)9-18-10-20(37-24(18)21)15-30-23(34)4-2-16-1-3-22(28)29-12-16/h1-4,9,11-14,20H,5-8,10,15H2,(H2,28,29)(H,30,34)/b4-2+. The largest absolute Gasteiger partial charge is 0.486 e. The Bertz CT molecular complexity index is 1320. The Morgan fingerprint density at radius 1 is 1.11 bits per heavy atom. The van der Waals surface area contributed by atoms with E-state index < -0.39 is 0 Å². The number of amides is 2. The summed E-state index contributed by atoms with van der Waals surface area (Å²) in [5.74, 6) is 0.726. The van der Waals surface area contributed by atoms with Crippen LogP contribution in [0.15, 0.2) is 48.9 Å². The van der Waals surface area contributed by atoms with E-state index in [2.05, 4.69) is 20.3 Å². The van der Waals surface area contributed by atoms with Crippen LogP contribution in [-0.4, -0.2) is 70.6 Å². The molecule has 1 atom stereocenters. The summed E-state index contributed by atoms with van der Waals surface area (Å²) in [7, 11) is 0. The lowest BCUT2D eigenvalue weighted by atomic mass is 10.0. The number of morpholine rings is 1. The van der Waals surface area contributed by atoms with Gasteiger partial charge in [-0.1, -0.05) is 11.6 Å². The number of carbonyl (C=O) groups is 2. The Hall–Kier alpha value is -4.02. The molecule has 5 rings (SSSR count). The minimum absolute atomic E-state index is 0.152. The number of halogens is 1. The van der Waals surface area contributed by atoms with Gasteiger partial charge in [-0.25, -0.2) is 15.0 Å². The molecule has 1 aromatic carbocycles. The number of anilines is 1. The fraction of sp³-hybridized carbons (Fsp3) is 0.269. The highest BCUT2D eigenvalue weighted by Gasteiger charge is 2.27. The molecule has 190 valence electrons. The van der Waals surface area contributed by atoms with Crippen LogP contribution in [0.3, 0.4) is 0 Å². The van der Waals surface area contributed by atoms with Crippen LogP contribution < -0.4 is 15.8 Å². The van der Waals surface area contributed by atoms with Gasteiger partial charge in [0.25, 0.3) is 5.91 Å². The third kappa shape index (κ3) is 5.87. The Kier molecular flexibility index (Phi) is 7.29. The molecule has 0 saturated carbocycles. The maximum Gasteiger partial charge on any atom is 0.291 e. The lowest BCUT2D eigenvalue weighted by Crippen LogP contribution is -2.41.